The number of nitrogens with zero attached hydrogens (tertiary/aromatic N) is 1. The number of carbonyl (C=O) groups is 1. The number of anilines is 1. The number of carbonyl (C=O) groups excluding carboxylic acids is 1. The molecule has 3 aromatic carbocycles. The van der Waals surface area contributed by atoms with Crippen LogP contribution in [0.4, 0.5) is 5.69 Å². The zero-order chi connectivity index (χ0) is 26.1. The summed E-state index contributed by atoms with van der Waals surface area (Å²) in [6, 6.07) is 19.4. The summed E-state index contributed by atoms with van der Waals surface area (Å²) in [6.45, 7) is 8.52. The van der Waals surface area contributed by atoms with Gasteiger partial charge in [-0.1, -0.05) is 48.9 Å². The van der Waals surface area contributed by atoms with E-state index in [0.717, 1.165) is 16.7 Å². The number of nitrogens with one attached hydrogen (secondary N) is 1. The van der Waals surface area contributed by atoms with Crippen molar-refractivity contribution in [3.8, 4) is 11.5 Å². The maximum Gasteiger partial charge on any atom is 0.264 e. The molecule has 3 aromatic rings. The first-order valence-electron chi connectivity index (χ1n) is 12.1. The second-order valence-electron chi connectivity index (χ2n) is 8.23. The van der Waals surface area contributed by atoms with Gasteiger partial charge in [0.05, 0.1) is 23.8 Å². The number of hydrogen-bond donors (Lipinski definition) is 1. The molecular weight excluding hydrogens is 476 g/mol. The standard InChI is InChI=1S/C28H34N2O5S/c1-5-23-10-8-9-11-25(23)30(36(32,33)24-15-12-21(4)13-16-24)20-28(31)29-19-22-14-17-26(34-6-2)27(18-22)35-7-3/h8-18H,5-7,19-20H2,1-4H3,(H,29,31). The maximum absolute atomic E-state index is 13.7. The average Bonchev–Trinajstić information content (AvgIpc) is 2.87. The molecule has 7 nitrogen and oxygen atoms in total. The first-order valence-corrected chi connectivity index (χ1v) is 13.6. The number of ether oxygens (including phenoxy) is 2. The smallest absolute Gasteiger partial charge is 0.264 e. The van der Waals surface area contributed by atoms with Gasteiger partial charge in [0.15, 0.2) is 11.5 Å². The first-order chi connectivity index (χ1) is 17.3. The zero-order valence-electron chi connectivity index (χ0n) is 21.3. The van der Waals surface area contributed by atoms with Gasteiger partial charge in [0, 0.05) is 6.54 Å². The highest BCUT2D eigenvalue weighted by Gasteiger charge is 2.28. The Labute approximate surface area is 214 Å². The van der Waals surface area contributed by atoms with Gasteiger partial charge in [-0.3, -0.25) is 9.10 Å². The van der Waals surface area contributed by atoms with Gasteiger partial charge < -0.3 is 14.8 Å². The number of aryl methyl sites for hydroxylation is 2. The number of para-hydroxylation sites is 1. The minimum Gasteiger partial charge on any atom is -0.490 e. The number of sulfonamides is 1. The van der Waals surface area contributed by atoms with Crippen LogP contribution in [0, 0.1) is 6.92 Å². The van der Waals surface area contributed by atoms with Crippen molar-refractivity contribution in [1.29, 1.82) is 0 Å². The predicted molar refractivity (Wildman–Crippen MR) is 142 cm³/mol. The third kappa shape index (κ3) is 6.57. The van der Waals surface area contributed by atoms with Gasteiger partial charge in [-0.15, -0.1) is 0 Å². The van der Waals surface area contributed by atoms with Gasteiger partial charge >= 0.3 is 0 Å². The molecule has 0 fully saturated rings. The summed E-state index contributed by atoms with van der Waals surface area (Å²) in [5.74, 6) is 0.830. The Morgan fingerprint density at radius 2 is 1.56 bits per heavy atom. The average molecular weight is 511 g/mol. The maximum atomic E-state index is 13.7. The topological polar surface area (TPSA) is 84.9 Å². The molecule has 0 aliphatic heterocycles. The Morgan fingerprint density at radius 3 is 2.22 bits per heavy atom. The van der Waals surface area contributed by atoms with E-state index in [1.54, 1.807) is 36.4 Å². The van der Waals surface area contributed by atoms with Crippen LogP contribution in [-0.2, 0) is 27.8 Å². The summed E-state index contributed by atoms with van der Waals surface area (Å²) < 4.78 is 39.8. The summed E-state index contributed by atoms with van der Waals surface area (Å²) in [4.78, 5) is 13.2. The summed E-state index contributed by atoms with van der Waals surface area (Å²) in [7, 11) is -3.97. The van der Waals surface area contributed by atoms with Crippen LogP contribution in [-0.4, -0.2) is 34.1 Å². The van der Waals surface area contributed by atoms with E-state index in [9.17, 15) is 13.2 Å². The van der Waals surface area contributed by atoms with Crippen LogP contribution in [0.2, 0.25) is 0 Å². The van der Waals surface area contributed by atoms with E-state index in [1.807, 2.05) is 58.0 Å². The lowest BCUT2D eigenvalue weighted by atomic mass is 10.1. The molecule has 0 saturated heterocycles. The van der Waals surface area contributed by atoms with Gasteiger partial charge in [0.25, 0.3) is 10.0 Å². The zero-order valence-corrected chi connectivity index (χ0v) is 22.1. The molecule has 0 atom stereocenters. The van der Waals surface area contributed by atoms with Crippen LogP contribution in [0.25, 0.3) is 0 Å². The van der Waals surface area contributed by atoms with Crippen LogP contribution >= 0.6 is 0 Å². The third-order valence-electron chi connectivity index (χ3n) is 5.63. The molecule has 1 amide bonds. The van der Waals surface area contributed by atoms with E-state index in [0.29, 0.717) is 36.8 Å². The second-order valence-corrected chi connectivity index (χ2v) is 10.1. The van der Waals surface area contributed by atoms with Crippen LogP contribution in [0.15, 0.2) is 71.6 Å². The lowest BCUT2D eigenvalue weighted by Gasteiger charge is -2.26. The molecule has 0 aliphatic carbocycles. The minimum atomic E-state index is -3.97. The quantitative estimate of drug-likeness (QED) is 0.376. The SMILES string of the molecule is CCOc1ccc(CNC(=O)CN(c2ccccc2CC)S(=O)(=O)c2ccc(C)cc2)cc1OCC. The molecule has 0 aliphatic rings. The van der Waals surface area contributed by atoms with Gasteiger partial charge in [-0.2, -0.15) is 0 Å². The molecule has 0 unspecified atom stereocenters. The Bertz CT molecular complexity index is 1270. The van der Waals surface area contributed by atoms with Crippen molar-refractivity contribution in [2.24, 2.45) is 0 Å². The number of benzene rings is 3. The fraction of sp³-hybridized carbons (Fsp3) is 0.321. The molecule has 36 heavy (non-hydrogen) atoms. The van der Waals surface area contributed by atoms with Crippen LogP contribution in [0.3, 0.4) is 0 Å². The monoisotopic (exact) mass is 510 g/mol. The molecular formula is C28H34N2O5S. The summed E-state index contributed by atoms with van der Waals surface area (Å²) >= 11 is 0. The number of hydrogen-bond acceptors (Lipinski definition) is 5. The summed E-state index contributed by atoms with van der Waals surface area (Å²) in [5.41, 5.74) is 3.11. The second kappa shape index (κ2) is 12.4. The van der Waals surface area contributed by atoms with E-state index in [4.69, 9.17) is 9.47 Å². The van der Waals surface area contributed by atoms with Gasteiger partial charge in [0.1, 0.15) is 6.54 Å². The molecule has 1 N–H and O–H groups in total. The molecule has 0 bridgehead atoms. The van der Waals surface area contributed by atoms with Crippen molar-refractivity contribution in [3.05, 3.63) is 83.4 Å². The molecule has 0 aromatic heterocycles. The third-order valence-corrected chi connectivity index (χ3v) is 7.41. The van der Waals surface area contributed by atoms with Crippen LogP contribution < -0.4 is 19.1 Å². The van der Waals surface area contributed by atoms with Crippen molar-refractivity contribution in [2.45, 2.75) is 45.6 Å². The lowest BCUT2D eigenvalue weighted by Crippen LogP contribution is -2.41. The molecule has 3 rings (SSSR count). The van der Waals surface area contributed by atoms with E-state index >= 15 is 0 Å². The fourth-order valence-electron chi connectivity index (χ4n) is 3.78. The Kier molecular flexibility index (Phi) is 9.36. The van der Waals surface area contributed by atoms with Gasteiger partial charge in [-0.05, 0) is 68.7 Å². The predicted octanol–water partition coefficient (Wildman–Crippen LogP) is 4.87. The van der Waals surface area contributed by atoms with E-state index in [1.165, 1.54) is 4.31 Å². The van der Waals surface area contributed by atoms with E-state index in [-0.39, 0.29) is 18.0 Å². The highest BCUT2D eigenvalue weighted by Crippen LogP contribution is 2.29. The van der Waals surface area contributed by atoms with Crippen LogP contribution in [0.1, 0.15) is 37.5 Å². The largest absolute Gasteiger partial charge is 0.490 e. The first kappa shape index (κ1) is 27.1. The fourth-order valence-corrected chi connectivity index (χ4v) is 5.24. The van der Waals surface area contributed by atoms with Crippen molar-refractivity contribution in [1.82, 2.24) is 5.32 Å². The molecule has 0 radical (unpaired) electrons. The molecule has 192 valence electrons. The Balaban J connectivity index is 1.85. The molecule has 8 heteroatoms. The number of rotatable bonds is 12. The molecule has 0 saturated carbocycles. The van der Waals surface area contributed by atoms with Crippen molar-refractivity contribution in [2.75, 3.05) is 24.1 Å². The van der Waals surface area contributed by atoms with Crippen molar-refractivity contribution in [3.63, 3.8) is 0 Å². The molecule has 0 heterocycles. The van der Waals surface area contributed by atoms with Crippen molar-refractivity contribution < 1.29 is 22.7 Å². The van der Waals surface area contributed by atoms with Crippen LogP contribution in [0.5, 0.6) is 11.5 Å². The highest BCUT2D eigenvalue weighted by atomic mass is 32.2. The van der Waals surface area contributed by atoms with E-state index < -0.39 is 15.9 Å². The molecule has 0 spiro atoms. The minimum absolute atomic E-state index is 0.139. The summed E-state index contributed by atoms with van der Waals surface area (Å²) in [5, 5.41) is 2.85. The highest BCUT2D eigenvalue weighted by molar-refractivity contribution is 7.92. The van der Waals surface area contributed by atoms with Gasteiger partial charge in [-0.25, -0.2) is 8.42 Å². The normalized spacial score (nSPS) is 11.1. The number of amides is 1. The summed E-state index contributed by atoms with van der Waals surface area (Å²) in [6.07, 6.45) is 0.629. The van der Waals surface area contributed by atoms with E-state index in [2.05, 4.69) is 5.32 Å². The Hall–Kier alpha value is -3.52. The Morgan fingerprint density at radius 1 is 0.889 bits per heavy atom. The van der Waals surface area contributed by atoms with Crippen molar-refractivity contribution >= 4 is 21.6 Å². The lowest BCUT2D eigenvalue weighted by molar-refractivity contribution is -0.119. The van der Waals surface area contributed by atoms with Gasteiger partial charge in [0.2, 0.25) is 5.91 Å².